The van der Waals surface area contributed by atoms with Crippen molar-refractivity contribution in [1.82, 2.24) is 10.2 Å². The van der Waals surface area contributed by atoms with Crippen LogP contribution in [-0.4, -0.2) is 27.2 Å². The van der Waals surface area contributed by atoms with Gasteiger partial charge >= 0.3 is 5.97 Å². The molecular formula is C12H9N3O5. The normalized spacial score (nSPS) is 10.8. The Kier molecular flexibility index (Phi) is 2.56. The molecule has 0 aliphatic carbocycles. The fourth-order valence-electron chi connectivity index (χ4n) is 1.80. The zero-order chi connectivity index (χ0) is 14.3. The summed E-state index contributed by atoms with van der Waals surface area (Å²) in [5, 5.41) is 17.8. The number of furan rings is 2. The fourth-order valence-corrected chi connectivity index (χ4v) is 1.80. The van der Waals surface area contributed by atoms with Crippen LogP contribution in [0.4, 0.5) is 5.82 Å². The molecule has 8 heteroatoms. The van der Waals surface area contributed by atoms with Crippen LogP contribution in [0.5, 0.6) is 0 Å². The third-order valence-electron chi connectivity index (χ3n) is 2.78. The molecule has 0 spiro atoms. The Morgan fingerprint density at radius 1 is 1.45 bits per heavy atom. The van der Waals surface area contributed by atoms with Crippen LogP contribution in [0.2, 0.25) is 0 Å². The van der Waals surface area contributed by atoms with Gasteiger partial charge in [-0.25, -0.2) is 4.79 Å². The van der Waals surface area contributed by atoms with Gasteiger partial charge in [0.2, 0.25) is 5.76 Å². The third-order valence-corrected chi connectivity index (χ3v) is 2.78. The van der Waals surface area contributed by atoms with E-state index in [1.54, 1.807) is 6.92 Å². The van der Waals surface area contributed by atoms with Crippen LogP contribution in [0, 0.1) is 6.92 Å². The second-order valence-corrected chi connectivity index (χ2v) is 4.08. The summed E-state index contributed by atoms with van der Waals surface area (Å²) >= 11 is 0. The van der Waals surface area contributed by atoms with Crippen LogP contribution < -0.4 is 5.32 Å². The van der Waals surface area contributed by atoms with Crippen molar-refractivity contribution in [1.29, 1.82) is 0 Å². The Labute approximate surface area is 111 Å². The van der Waals surface area contributed by atoms with Crippen LogP contribution in [0.25, 0.3) is 11.1 Å². The van der Waals surface area contributed by atoms with Crippen LogP contribution in [0.15, 0.2) is 27.2 Å². The van der Waals surface area contributed by atoms with Crippen molar-refractivity contribution in [2.75, 3.05) is 5.32 Å². The number of aromatic nitrogens is 2. The van der Waals surface area contributed by atoms with Crippen molar-refractivity contribution < 1.29 is 23.5 Å². The minimum Gasteiger partial charge on any atom is -0.475 e. The highest BCUT2D eigenvalue weighted by Gasteiger charge is 2.19. The number of hydrogen-bond donors (Lipinski definition) is 3. The average molecular weight is 275 g/mol. The molecule has 0 fully saturated rings. The van der Waals surface area contributed by atoms with E-state index in [9.17, 15) is 9.59 Å². The first-order valence-corrected chi connectivity index (χ1v) is 5.63. The highest BCUT2D eigenvalue weighted by Crippen LogP contribution is 2.25. The Bertz CT molecular complexity index is 810. The number of carboxylic acid groups (broad SMARTS) is 1. The first-order valence-electron chi connectivity index (χ1n) is 5.63. The lowest BCUT2D eigenvalue weighted by Gasteiger charge is -1.99. The molecule has 0 saturated heterocycles. The molecule has 0 saturated carbocycles. The van der Waals surface area contributed by atoms with E-state index in [-0.39, 0.29) is 17.2 Å². The van der Waals surface area contributed by atoms with Gasteiger partial charge in [0, 0.05) is 6.07 Å². The molecule has 3 aromatic heterocycles. The molecule has 3 aromatic rings. The van der Waals surface area contributed by atoms with Gasteiger partial charge in [-0.15, -0.1) is 0 Å². The molecular weight excluding hydrogens is 266 g/mol. The molecule has 102 valence electrons. The maximum Gasteiger partial charge on any atom is 0.371 e. The topological polar surface area (TPSA) is 121 Å². The summed E-state index contributed by atoms with van der Waals surface area (Å²) in [5.74, 6) is -1.25. The summed E-state index contributed by atoms with van der Waals surface area (Å²) in [6, 6.07) is 2.82. The zero-order valence-electron chi connectivity index (χ0n) is 10.3. The summed E-state index contributed by atoms with van der Waals surface area (Å²) in [4.78, 5) is 22.8. The van der Waals surface area contributed by atoms with Gasteiger partial charge in [-0.3, -0.25) is 9.89 Å². The van der Waals surface area contributed by atoms with Crippen molar-refractivity contribution >= 4 is 28.8 Å². The molecule has 3 heterocycles. The molecule has 0 atom stereocenters. The Morgan fingerprint density at radius 3 is 2.90 bits per heavy atom. The number of H-pyrrole nitrogens is 1. The lowest BCUT2D eigenvalue weighted by molar-refractivity contribution is 0.0665. The number of rotatable bonds is 3. The number of amides is 1. The second-order valence-electron chi connectivity index (χ2n) is 4.08. The van der Waals surface area contributed by atoms with Gasteiger partial charge in [0.25, 0.3) is 5.91 Å². The van der Waals surface area contributed by atoms with Gasteiger partial charge in [0.05, 0.1) is 11.8 Å². The highest BCUT2D eigenvalue weighted by molar-refractivity contribution is 6.07. The molecule has 20 heavy (non-hydrogen) atoms. The first kappa shape index (κ1) is 12.0. The largest absolute Gasteiger partial charge is 0.475 e. The Balaban J connectivity index is 1.93. The first-order chi connectivity index (χ1) is 9.56. The second kappa shape index (κ2) is 4.26. The minimum absolute atomic E-state index is 0.123. The van der Waals surface area contributed by atoms with Gasteiger partial charge in [-0.2, -0.15) is 5.10 Å². The molecule has 0 radical (unpaired) electrons. The maximum absolute atomic E-state index is 12.0. The van der Waals surface area contributed by atoms with Crippen LogP contribution in [-0.2, 0) is 0 Å². The van der Waals surface area contributed by atoms with Crippen molar-refractivity contribution in [3.63, 3.8) is 0 Å². The van der Waals surface area contributed by atoms with E-state index >= 15 is 0 Å². The van der Waals surface area contributed by atoms with E-state index in [0.717, 1.165) is 0 Å². The van der Waals surface area contributed by atoms with Gasteiger partial charge < -0.3 is 19.3 Å². The van der Waals surface area contributed by atoms with E-state index in [4.69, 9.17) is 13.9 Å². The number of hydrogen-bond acceptors (Lipinski definition) is 5. The monoisotopic (exact) mass is 275 g/mol. The molecule has 1 amide bonds. The zero-order valence-corrected chi connectivity index (χ0v) is 10.3. The van der Waals surface area contributed by atoms with Crippen LogP contribution in [0.3, 0.4) is 0 Å². The number of aryl methyl sites for hydroxylation is 1. The summed E-state index contributed by atoms with van der Waals surface area (Å²) in [6.07, 6.45) is 1.40. The lowest BCUT2D eigenvalue weighted by atomic mass is 10.2. The number of carbonyl (C=O) groups excluding carboxylic acids is 1. The van der Waals surface area contributed by atoms with Gasteiger partial charge in [0.15, 0.2) is 11.4 Å². The smallest absolute Gasteiger partial charge is 0.371 e. The molecule has 0 aliphatic rings. The van der Waals surface area contributed by atoms with Gasteiger partial charge in [0.1, 0.15) is 11.3 Å². The number of nitrogens with zero attached hydrogens (tertiary/aromatic N) is 1. The Hall–Kier alpha value is -3.03. The summed E-state index contributed by atoms with van der Waals surface area (Å²) < 4.78 is 10.2. The van der Waals surface area contributed by atoms with E-state index < -0.39 is 11.9 Å². The molecule has 0 aliphatic heterocycles. The van der Waals surface area contributed by atoms with Crippen molar-refractivity contribution in [3.05, 3.63) is 35.5 Å². The standard InChI is InChI=1S/C12H9N3O5/c1-5-6(2-3-19-5)11(16)13-10-9-7(14-15-10)4-8(20-9)12(17)18/h2-4H,1H3,(H,17,18)(H2,13,14,15,16). The van der Waals surface area contributed by atoms with E-state index in [1.807, 2.05) is 0 Å². The molecule has 3 N–H and O–H groups in total. The number of fused-ring (bicyclic) bond motifs is 1. The Morgan fingerprint density at radius 2 is 2.25 bits per heavy atom. The average Bonchev–Trinajstić information content (AvgIpc) is 3.05. The molecule has 3 rings (SSSR count). The lowest BCUT2D eigenvalue weighted by Crippen LogP contribution is -2.12. The summed E-state index contributed by atoms with van der Waals surface area (Å²) in [7, 11) is 0. The molecule has 0 bridgehead atoms. The van der Waals surface area contributed by atoms with E-state index in [1.165, 1.54) is 18.4 Å². The maximum atomic E-state index is 12.0. The highest BCUT2D eigenvalue weighted by atomic mass is 16.4. The number of anilines is 1. The van der Waals surface area contributed by atoms with Crippen molar-refractivity contribution in [2.24, 2.45) is 0 Å². The predicted molar refractivity (Wildman–Crippen MR) is 66.7 cm³/mol. The number of nitrogens with one attached hydrogen (secondary N) is 2. The summed E-state index contributed by atoms with van der Waals surface area (Å²) in [6.45, 7) is 1.66. The number of carboxylic acids is 1. The van der Waals surface area contributed by atoms with Crippen LogP contribution in [0.1, 0.15) is 26.7 Å². The number of aromatic amines is 1. The third kappa shape index (κ3) is 1.83. The predicted octanol–water partition coefficient (Wildman–Crippen LogP) is 2.01. The SMILES string of the molecule is Cc1occc1C(=O)Nc1n[nH]c2cc(C(=O)O)oc12. The fraction of sp³-hybridized carbons (Fsp3) is 0.0833. The minimum atomic E-state index is -1.20. The van der Waals surface area contributed by atoms with Gasteiger partial charge in [-0.1, -0.05) is 0 Å². The van der Waals surface area contributed by atoms with Crippen molar-refractivity contribution in [3.8, 4) is 0 Å². The van der Waals surface area contributed by atoms with Crippen LogP contribution >= 0.6 is 0 Å². The molecule has 0 aromatic carbocycles. The summed E-state index contributed by atoms with van der Waals surface area (Å²) in [5.41, 5.74) is 0.935. The molecule has 0 unspecified atom stereocenters. The number of carbonyl (C=O) groups is 2. The number of aromatic carboxylic acids is 1. The quantitative estimate of drug-likeness (QED) is 0.672. The van der Waals surface area contributed by atoms with E-state index in [0.29, 0.717) is 16.8 Å². The van der Waals surface area contributed by atoms with E-state index in [2.05, 4.69) is 15.5 Å². The molecule has 8 nitrogen and oxygen atoms in total. The van der Waals surface area contributed by atoms with Gasteiger partial charge in [-0.05, 0) is 13.0 Å². The van der Waals surface area contributed by atoms with Crippen molar-refractivity contribution in [2.45, 2.75) is 6.92 Å².